The average Bonchev–Trinajstić information content (AvgIpc) is 2.76. The molecule has 0 radical (unpaired) electrons. The van der Waals surface area contributed by atoms with Crippen LogP contribution in [0.2, 0.25) is 0 Å². The molecule has 2 heteroatoms. The highest BCUT2D eigenvalue weighted by atomic mass is 16.5. The Morgan fingerprint density at radius 1 is 1.08 bits per heavy atom. The van der Waals surface area contributed by atoms with E-state index in [0.29, 0.717) is 10.8 Å². The number of quaternary nitrogens is 1. The number of nitrogens with one attached hydrogen (secondary N) is 1. The second-order valence-corrected chi connectivity index (χ2v) is 9.24. The van der Waals surface area contributed by atoms with Crippen molar-refractivity contribution in [2.75, 3.05) is 13.7 Å². The zero-order valence-electron chi connectivity index (χ0n) is 15.5. The van der Waals surface area contributed by atoms with Gasteiger partial charge in [0.1, 0.15) is 12.3 Å². The molecule has 2 bridgehead atoms. The van der Waals surface area contributed by atoms with E-state index in [4.69, 9.17) is 4.74 Å². The second kappa shape index (κ2) is 5.49. The lowest BCUT2D eigenvalue weighted by Gasteiger charge is -2.37. The molecule has 1 saturated carbocycles. The van der Waals surface area contributed by atoms with Crippen LogP contribution < -0.4 is 9.64 Å². The Bertz CT molecular complexity index is 766. The summed E-state index contributed by atoms with van der Waals surface area (Å²) < 4.78 is 5.73. The van der Waals surface area contributed by atoms with Gasteiger partial charge in [0.25, 0.3) is 0 Å². The van der Waals surface area contributed by atoms with Crippen molar-refractivity contribution in [2.45, 2.75) is 52.6 Å². The fourth-order valence-corrected chi connectivity index (χ4v) is 5.87. The Kier molecular flexibility index (Phi) is 3.65. The summed E-state index contributed by atoms with van der Waals surface area (Å²) in [5.74, 6) is 1.05. The van der Waals surface area contributed by atoms with E-state index >= 15 is 0 Å². The molecule has 128 valence electrons. The Morgan fingerprint density at radius 3 is 2.67 bits per heavy atom. The van der Waals surface area contributed by atoms with Crippen LogP contribution in [-0.2, 0) is 6.54 Å². The first-order valence-corrected chi connectivity index (χ1v) is 9.28. The van der Waals surface area contributed by atoms with E-state index in [9.17, 15) is 0 Å². The standard InChI is InChI=1S/C22H29NO/c1-21(2)11-17-12-22(3,14-21)15-23(17)13-19-18-8-6-5-7-16(18)9-10-20(19)24-4/h5-10,17H,11-15H2,1-4H3/p+1/t17-,22-/m1/s1. The van der Waals surface area contributed by atoms with E-state index in [1.165, 1.54) is 42.1 Å². The van der Waals surface area contributed by atoms with Crippen molar-refractivity contribution in [3.8, 4) is 5.75 Å². The van der Waals surface area contributed by atoms with Crippen molar-refractivity contribution in [1.82, 2.24) is 0 Å². The number of benzene rings is 2. The molecule has 24 heavy (non-hydrogen) atoms. The highest BCUT2D eigenvalue weighted by molar-refractivity contribution is 5.87. The highest BCUT2D eigenvalue weighted by Crippen LogP contribution is 2.47. The average molecular weight is 324 g/mol. The number of hydrogen-bond acceptors (Lipinski definition) is 1. The van der Waals surface area contributed by atoms with Crippen LogP contribution in [0.4, 0.5) is 0 Å². The monoisotopic (exact) mass is 324 g/mol. The van der Waals surface area contributed by atoms with Crippen molar-refractivity contribution < 1.29 is 9.64 Å². The third-order valence-electron chi connectivity index (χ3n) is 6.30. The van der Waals surface area contributed by atoms with Gasteiger partial charge in [0.15, 0.2) is 0 Å². The molecule has 0 aromatic heterocycles. The molecular weight excluding hydrogens is 294 g/mol. The minimum absolute atomic E-state index is 0.488. The largest absolute Gasteiger partial charge is 0.496 e. The summed E-state index contributed by atoms with van der Waals surface area (Å²) in [4.78, 5) is 1.76. The fourth-order valence-electron chi connectivity index (χ4n) is 5.87. The first kappa shape index (κ1) is 16.0. The first-order chi connectivity index (χ1) is 11.4. The Balaban J connectivity index is 1.70. The summed E-state index contributed by atoms with van der Waals surface area (Å²) >= 11 is 0. The molecule has 2 nitrogen and oxygen atoms in total. The maximum absolute atomic E-state index is 5.73. The van der Waals surface area contributed by atoms with Crippen LogP contribution in [0.1, 0.15) is 45.6 Å². The van der Waals surface area contributed by atoms with Crippen molar-refractivity contribution in [3.63, 3.8) is 0 Å². The molecule has 2 aromatic rings. The molecular formula is C22H30NO+. The molecule has 1 aliphatic carbocycles. The summed E-state index contributed by atoms with van der Waals surface area (Å²) in [7, 11) is 1.80. The molecule has 2 fully saturated rings. The van der Waals surface area contributed by atoms with E-state index in [1.54, 1.807) is 12.0 Å². The van der Waals surface area contributed by atoms with E-state index in [-0.39, 0.29) is 0 Å². The lowest BCUT2D eigenvalue weighted by Crippen LogP contribution is -3.12. The molecule has 0 amide bonds. The topological polar surface area (TPSA) is 13.7 Å². The summed E-state index contributed by atoms with van der Waals surface area (Å²) in [6.45, 7) is 9.81. The summed E-state index contributed by atoms with van der Waals surface area (Å²) in [5, 5.41) is 2.68. The molecule has 1 aliphatic heterocycles. The van der Waals surface area contributed by atoms with Gasteiger partial charge in [-0.25, -0.2) is 0 Å². The van der Waals surface area contributed by atoms with E-state index in [0.717, 1.165) is 18.3 Å². The van der Waals surface area contributed by atoms with E-state index in [2.05, 4.69) is 57.2 Å². The van der Waals surface area contributed by atoms with Crippen molar-refractivity contribution in [3.05, 3.63) is 42.0 Å². The number of methoxy groups -OCH3 is 1. The fraction of sp³-hybridized carbons (Fsp3) is 0.545. The van der Waals surface area contributed by atoms with Crippen LogP contribution in [0.3, 0.4) is 0 Å². The van der Waals surface area contributed by atoms with E-state index in [1.807, 2.05) is 0 Å². The molecule has 4 rings (SSSR count). The number of hydrogen-bond donors (Lipinski definition) is 1. The third-order valence-corrected chi connectivity index (χ3v) is 6.30. The Labute approximate surface area is 145 Å². The van der Waals surface area contributed by atoms with E-state index < -0.39 is 0 Å². The lowest BCUT2D eigenvalue weighted by molar-refractivity contribution is -0.928. The maximum Gasteiger partial charge on any atom is 0.128 e. The number of ether oxygens (including phenoxy) is 1. The molecule has 1 saturated heterocycles. The quantitative estimate of drug-likeness (QED) is 0.906. The predicted molar refractivity (Wildman–Crippen MR) is 99.6 cm³/mol. The molecule has 2 aliphatic rings. The normalized spacial score (nSPS) is 31.3. The van der Waals surface area contributed by atoms with Crippen LogP contribution in [-0.4, -0.2) is 19.7 Å². The zero-order chi connectivity index (χ0) is 16.9. The van der Waals surface area contributed by atoms with Crippen LogP contribution in [0.5, 0.6) is 5.75 Å². The zero-order valence-corrected chi connectivity index (χ0v) is 15.5. The Morgan fingerprint density at radius 2 is 1.88 bits per heavy atom. The Hall–Kier alpha value is -1.54. The molecule has 3 atom stereocenters. The number of fused-ring (bicyclic) bond motifs is 3. The number of rotatable bonds is 3. The smallest absolute Gasteiger partial charge is 0.128 e. The molecule has 0 spiro atoms. The minimum atomic E-state index is 0.488. The van der Waals surface area contributed by atoms with Crippen LogP contribution in [0.15, 0.2) is 36.4 Å². The van der Waals surface area contributed by atoms with Gasteiger partial charge in [-0.2, -0.15) is 0 Å². The van der Waals surface area contributed by atoms with Gasteiger partial charge in [-0.15, -0.1) is 0 Å². The highest BCUT2D eigenvalue weighted by Gasteiger charge is 2.52. The van der Waals surface area contributed by atoms with Gasteiger partial charge < -0.3 is 9.64 Å². The van der Waals surface area contributed by atoms with Gasteiger partial charge in [0, 0.05) is 18.3 Å². The van der Waals surface area contributed by atoms with Crippen molar-refractivity contribution in [1.29, 1.82) is 0 Å². The van der Waals surface area contributed by atoms with Gasteiger partial charge in [0.05, 0.1) is 25.3 Å². The summed E-state index contributed by atoms with van der Waals surface area (Å²) in [5.41, 5.74) is 2.39. The van der Waals surface area contributed by atoms with Crippen LogP contribution in [0.25, 0.3) is 10.8 Å². The molecule has 1 unspecified atom stereocenters. The van der Waals surface area contributed by atoms with Crippen molar-refractivity contribution >= 4 is 10.8 Å². The summed E-state index contributed by atoms with van der Waals surface area (Å²) in [6, 6.07) is 13.8. The van der Waals surface area contributed by atoms with Gasteiger partial charge >= 0.3 is 0 Å². The molecule has 1 heterocycles. The minimum Gasteiger partial charge on any atom is -0.496 e. The predicted octanol–water partition coefficient (Wildman–Crippen LogP) is 3.83. The SMILES string of the molecule is COc1ccc2ccccc2c1C[NH+]1C[C@]2(C)C[C@H]1CC(C)(C)C2. The number of likely N-dealkylation sites (tertiary alicyclic amines) is 1. The maximum atomic E-state index is 5.73. The first-order valence-electron chi connectivity index (χ1n) is 9.28. The van der Waals surface area contributed by atoms with Gasteiger partial charge in [0.2, 0.25) is 0 Å². The van der Waals surface area contributed by atoms with Gasteiger partial charge in [-0.1, -0.05) is 51.1 Å². The van der Waals surface area contributed by atoms with Crippen LogP contribution >= 0.6 is 0 Å². The van der Waals surface area contributed by atoms with Gasteiger partial charge in [-0.3, -0.25) is 0 Å². The van der Waals surface area contributed by atoms with Crippen LogP contribution in [0, 0.1) is 10.8 Å². The lowest BCUT2D eigenvalue weighted by atomic mass is 9.65. The van der Waals surface area contributed by atoms with Crippen molar-refractivity contribution in [2.24, 2.45) is 10.8 Å². The third kappa shape index (κ3) is 2.71. The summed E-state index contributed by atoms with van der Waals surface area (Å²) in [6.07, 6.45) is 4.11. The second-order valence-electron chi connectivity index (χ2n) is 9.24. The van der Waals surface area contributed by atoms with Gasteiger partial charge in [-0.05, 0) is 28.7 Å². The molecule has 2 aromatic carbocycles. The molecule has 1 N–H and O–H groups in total.